The molecule has 0 aliphatic rings. The van der Waals surface area contributed by atoms with Crippen molar-refractivity contribution in [3.8, 4) is 33.8 Å². The Balaban J connectivity index is 1.89. The fourth-order valence-corrected chi connectivity index (χ4v) is 5.96. The molecule has 4 nitrogen and oxygen atoms in total. The van der Waals surface area contributed by atoms with Crippen molar-refractivity contribution in [3.05, 3.63) is 110 Å². The minimum Gasteiger partial charge on any atom is -0.508 e. The second-order valence-corrected chi connectivity index (χ2v) is 9.43. The van der Waals surface area contributed by atoms with Crippen LogP contribution in [0.15, 0.2) is 110 Å². The highest BCUT2D eigenvalue weighted by Crippen LogP contribution is 2.50. The molecule has 2 N–H and O–H groups in total. The summed E-state index contributed by atoms with van der Waals surface area (Å²) < 4.78 is 4.33. The molecule has 38 heavy (non-hydrogen) atoms. The maximum atomic E-state index is 10.1. The number of hydrogen-bond donors (Lipinski definition) is 2. The maximum absolute atomic E-state index is 10.1. The summed E-state index contributed by atoms with van der Waals surface area (Å²) in [5.74, 6) is 0.444. The standard InChI is InChI=1S/C34H24N2O2/c1-3-35-27-11-7-5-9-25(27)31-30(22-15-19-24(38)20-16-22)34-32(26-10-6-8-12-28(26)36(34)4-2)29(33(31)35)21-13-17-23(37)18-14-21/h3-20,37-38H,1-2H2. The van der Waals surface area contributed by atoms with Gasteiger partial charge in [-0.3, -0.25) is 0 Å². The smallest absolute Gasteiger partial charge is 0.115 e. The second kappa shape index (κ2) is 8.15. The van der Waals surface area contributed by atoms with Gasteiger partial charge in [-0.2, -0.15) is 0 Å². The van der Waals surface area contributed by atoms with Gasteiger partial charge in [-0.1, -0.05) is 73.8 Å². The highest BCUT2D eigenvalue weighted by atomic mass is 16.3. The third kappa shape index (κ3) is 2.91. The molecule has 0 fully saturated rings. The molecule has 0 bridgehead atoms. The lowest BCUT2D eigenvalue weighted by molar-refractivity contribution is 0.475. The molecule has 2 aromatic heterocycles. The second-order valence-electron chi connectivity index (χ2n) is 9.43. The zero-order chi connectivity index (χ0) is 26.0. The van der Waals surface area contributed by atoms with Gasteiger partial charge in [-0.05, 0) is 47.5 Å². The van der Waals surface area contributed by atoms with Crippen molar-refractivity contribution < 1.29 is 10.2 Å². The van der Waals surface area contributed by atoms with Gasteiger partial charge in [0.2, 0.25) is 0 Å². The molecule has 0 radical (unpaired) electrons. The SMILES string of the molecule is C=Cn1c2ccccc2c2c(-c3ccc(O)cc3)c3c(c(-c4ccc(O)cc4)c21)c1ccccc1n3C=C. The van der Waals surface area contributed by atoms with Crippen LogP contribution in [-0.2, 0) is 0 Å². The van der Waals surface area contributed by atoms with Gasteiger partial charge in [0, 0.05) is 45.1 Å². The summed E-state index contributed by atoms with van der Waals surface area (Å²) in [6, 6.07) is 31.5. The zero-order valence-corrected chi connectivity index (χ0v) is 20.6. The molecule has 0 spiro atoms. The van der Waals surface area contributed by atoms with Crippen LogP contribution in [0, 0.1) is 0 Å². The number of nitrogens with zero attached hydrogens (tertiary/aromatic N) is 2. The van der Waals surface area contributed by atoms with Crippen molar-refractivity contribution in [2.75, 3.05) is 0 Å². The monoisotopic (exact) mass is 492 g/mol. The Labute approximate surface area is 219 Å². The van der Waals surface area contributed by atoms with Gasteiger partial charge in [0.25, 0.3) is 0 Å². The molecule has 2 heterocycles. The van der Waals surface area contributed by atoms with Crippen LogP contribution in [0.25, 0.3) is 78.3 Å². The van der Waals surface area contributed by atoms with Gasteiger partial charge < -0.3 is 19.3 Å². The Morgan fingerprint density at radius 2 is 0.868 bits per heavy atom. The number of hydrogen-bond acceptors (Lipinski definition) is 2. The number of benzene rings is 5. The van der Waals surface area contributed by atoms with Crippen molar-refractivity contribution >= 4 is 56.0 Å². The Morgan fingerprint density at radius 1 is 0.500 bits per heavy atom. The van der Waals surface area contributed by atoms with E-state index in [1.807, 2.05) is 48.8 Å². The molecule has 0 amide bonds. The van der Waals surface area contributed by atoms with Crippen LogP contribution in [0.4, 0.5) is 0 Å². The predicted octanol–water partition coefficient (Wildman–Crippen LogP) is 8.85. The van der Waals surface area contributed by atoms with Gasteiger partial charge in [0.05, 0.1) is 22.1 Å². The summed E-state index contributed by atoms with van der Waals surface area (Å²) in [5, 5.41) is 24.6. The molecular formula is C34H24N2O2. The van der Waals surface area contributed by atoms with Crippen LogP contribution in [0.5, 0.6) is 11.5 Å². The van der Waals surface area contributed by atoms with Gasteiger partial charge in [0.1, 0.15) is 11.5 Å². The van der Waals surface area contributed by atoms with E-state index in [2.05, 4.69) is 58.7 Å². The van der Waals surface area contributed by atoms with Crippen molar-refractivity contribution in [1.82, 2.24) is 9.13 Å². The van der Waals surface area contributed by atoms with E-state index in [1.165, 1.54) is 0 Å². The average Bonchev–Trinajstić information content (AvgIpc) is 3.46. The largest absolute Gasteiger partial charge is 0.508 e. The summed E-state index contributed by atoms with van der Waals surface area (Å²) in [6.07, 6.45) is 3.74. The van der Waals surface area contributed by atoms with Crippen LogP contribution in [0.3, 0.4) is 0 Å². The summed E-state index contributed by atoms with van der Waals surface area (Å²) in [5.41, 5.74) is 8.29. The van der Waals surface area contributed by atoms with Gasteiger partial charge in [-0.15, -0.1) is 0 Å². The predicted molar refractivity (Wildman–Crippen MR) is 159 cm³/mol. The van der Waals surface area contributed by atoms with Crippen molar-refractivity contribution in [2.45, 2.75) is 0 Å². The molecule has 0 saturated carbocycles. The van der Waals surface area contributed by atoms with E-state index in [4.69, 9.17) is 0 Å². The van der Waals surface area contributed by atoms with E-state index in [0.717, 1.165) is 65.9 Å². The van der Waals surface area contributed by atoms with Gasteiger partial charge in [0.15, 0.2) is 0 Å². The number of phenolic OH excluding ortho intramolecular Hbond substituents is 2. The fraction of sp³-hybridized carbons (Fsp3) is 0. The van der Waals surface area contributed by atoms with Crippen molar-refractivity contribution in [1.29, 1.82) is 0 Å². The molecule has 182 valence electrons. The summed E-state index contributed by atoms with van der Waals surface area (Å²) in [4.78, 5) is 0. The first-order chi connectivity index (χ1) is 18.6. The molecule has 7 aromatic rings. The first kappa shape index (κ1) is 22.0. The molecule has 7 rings (SSSR count). The van der Waals surface area contributed by atoms with E-state index in [1.54, 1.807) is 24.3 Å². The molecular weight excluding hydrogens is 468 g/mol. The molecule has 4 heteroatoms. The Hall–Kier alpha value is -5.22. The minimum atomic E-state index is 0.222. The first-order valence-corrected chi connectivity index (χ1v) is 12.5. The van der Waals surface area contributed by atoms with E-state index < -0.39 is 0 Å². The van der Waals surface area contributed by atoms with E-state index in [-0.39, 0.29) is 11.5 Å². The van der Waals surface area contributed by atoms with Gasteiger partial charge in [-0.25, -0.2) is 0 Å². The lowest BCUT2D eigenvalue weighted by atomic mass is 9.90. The van der Waals surface area contributed by atoms with Crippen LogP contribution < -0.4 is 0 Å². The van der Waals surface area contributed by atoms with E-state index in [9.17, 15) is 10.2 Å². The van der Waals surface area contributed by atoms with Crippen molar-refractivity contribution in [3.63, 3.8) is 0 Å². The third-order valence-electron chi connectivity index (χ3n) is 7.47. The number of aromatic nitrogens is 2. The van der Waals surface area contributed by atoms with Crippen LogP contribution in [0.2, 0.25) is 0 Å². The number of phenols is 2. The minimum absolute atomic E-state index is 0.222. The summed E-state index contributed by atoms with van der Waals surface area (Å²) in [7, 11) is 0. The van der Waals surface area contributed by atoms with Crippen molar-refractivity contribution in [2.24, 2.45) is 0 Å². The van der Waals surface area contributed by atoms with E-state index >= 15 is 0 Å². The quantitative estimate of drug-likeness (QED) is 0.258. The number of para-hydroxylation sites is 2. The number of rotatable bonds is 4. The molecule has 0 atom stereocenters. The van der Waals surface area contributed by atoms with Crippen LogP contribution >= 0.6 is 0 Å². The lowest BCUT2D eigenvalue weighted by Gasteiger charge is -2.16. The summed E-state index contributed by atoms with van der Waals surface area (Å²) >= 11 is 0. The fourth-order valence-electron chi connectivity index (χ4n) is 5.96. The highest BCUT2D eigenvalue weighted by Gasteiger charge is 2.26. The van der Waals surface area contributed by atoms with Gasteiger partial charge >= 0.3 is 0 Å². The van der Waals surface area contributed by atoms with Crippen LogP contribution in [0.1, 0.15) is 0 Å². The topological polar surface area (TPSA) is 50.3 Å². The lowest BCUT2D eigenvalue weighted by Crippen LogP contribution is -1.94. The number of fused-ring (bicyclic) bond motifs is 6. The first-order valence-electron chi connectivity index (χ1n) is 12.5. The Bertz CT molecular complexity index is 1910. The molecule has 5 aromatic carbocycles. The highest BCUT2D eigenvalue weighted by molar-refractivity contribution is 6.33. The summed E-state index contributed by atoms with van der Waals surface area (Å²) in [6.45, 7) is 8.40. The molecule has 0 aliphatic heterocycles. The Morgan fingerprint density at radius 3 is 1.24 bits per heavy atom. The molecule has 0 saturated heterocycles. The normalized spacial score (nSPS) is 11.6. The number of aromatic hydroxyl groups is 2. The third-order valence-corrected chi connectivity index (χ3v) is 7.47. The van der Waals surface area contributed by atoms with Crippen LogP contribution in [-0.4, -0.2) is 19.3 Å². The zero-order valence-electron chi connectivity index (χ0n) is 20.6. The van der Waals surface area contributed by atoms with E-state index in [0.29, 0.717) is 0 Å². The molecule has 0 unspecified atom stereocenters. The average molecular weight is 493 g/mol. The molecule has 0 aliphatic carbocycles. The maximum Gasteiger partial charge on any atom is 0.115 e. The Kier molecular flexibility index (Phi) is 4.72.